The minimum Gasteiger partial charge on any atom is -0.494 e. The maximum atomic E-state index is 12.2. The Morgan fingerprint density at radius 2 is 1.80 bits per heavy atom. The summed E-state index contributed by atoms with van der Waals surface area (Å²) in [4.78, 5) is 12.2. The molecule has 134 valence electrons. The van der Waals surface area contributed by atoms with E-state index in [2.05, 4.69) is 10.6 Å². The fourth-order valence-electron chi connectivity index (χ4n) is 2.30. The summed E-state index contributed by atoms with van der Waals surface area (Å²) < 4.78 is 11.1. The van der Waals surface area contributed by atoms with Crippen LogP contribution in [-0.2, 0) is 4.79 Å². The van der Waals surface area contributed by atoms with Crippen LogP contribution in [0.5, 0.6) is 11.5 Å². The van der Waals surface area contributed by atoms with Crippen molar-refractivity contribution >= 4 is 17.3 Å². The van der Waals surface area contributed by atoms with Crippen LogP contribution in [0.3, 0.4) is 0 Å². The monoisotopic (exact) mass is 342 g/mol. The second-order valence-corrected chi connectivity index (χ2v) is 5.85. The fourth-order valence-corrected chi connectivity index (χ4v) is 2.30. The highest BCUT2D eigenvalue weighted by atomic mass is 16.5. The van der Waals surface area contributed by atoms with Crippen molar-refractivity contribution in [2.45, 2.75) is 33.3 Å². The SMILES string of the molecule is CCOc1ccc(NCCC(=O)Nc2ccccc2OC(C)C)cc1. The van der Waals surface area contributed by atoms with E-state index < -0.39 is 0 Å². The van der Waals surface area contributed by atoms with Crippen LogP contribution in [0.25, 0.3) is 0 Å². The maximum Gasteiger partial charge on any atom is 0.226 e. The Balaban J connectivity index is 1.81. The zero-order chi connectivity index (χ0) is 18.1. The van der Waals surface area contributed by atoms with Crippen molar-refractivity contribution < 1.29 is 14.3 Å². The lowest BCUT2D eigenvalue weighted by Gasteiger charge is -2.15. The first-order valence-electron chi connectivity index (χ1n) is 8.60. The van der Waals surface area contributed by atoms with Gasteiger partial charge in [0.2, 0.25) is 5.91 Å². The molecule has 5 nitrogen and oxygen atoms in total. The molecule has 0 saturated carbocycles. The molecule has 2 N–H and O–H groups in total. The number of para-hydroxylation sites is 2. The molecule has 5 heteroatoms. The van der Waals surface area contributed by atoms with Crippen molar-refractivity contribution in [1.29, 1.82) is 0 Å². The van der Waals surface area contributed by atoms with Gasteiger partial charge in [0.1, 0.15) is 11.5 Å². The third kappa shape index (κ3) is 6.37. The maximum absolute atomic E-state index is 12.2. The second kappa shape index (κ2) is 9.57. The molecule has 0 saturated heterocycles. The van der Waals surface area contributed by atoms with Gasteiger partial charge in [0, 0.05) is 18.7 Å². The quantitative estimate of drug-likeness (QED) is 0.713. The molecule has 0 aromatic heterocycles. The molecule has 0 fully saturated rings. The third-order valence-electron chi connectivity index (χ3n) is 3.37. The van der Waals surface area contributed by atoms with E-state index in [0.717, 1.165) is 11.4 Å². The molecule has 2 aromatic carbocycles. The van der Waals surface area contributed by atoms with Crippen LogP contribution in [0.15, 0.2) is 48.5 Å². The molecule has 0 atom stereocenters. The van der Waals surface area contributed by atoms with Gasteiger partial charge < -0.3 is 20.1 Å². The van der Waals surface area contributed by atoms with Crippen molar-refractivity contribution in [3.05, 3.63) is 48.5 Å². The van der Waals surface area contributed by atoms with E-state index in [1.165, 1.54) is 0 Å². The molecule has 0 spiro atoms. The van der Waals surface area contributed by atoms with Crippen LogP contribution >= 0.6 is 0 Å². The number of amides is 1. The number of nitrogens with one attached hydrogen (secondary N) is 2. The molecule has 2 aromatic rings. The Morgan fingerprint density at radius 3 is 2.48 bits per heavy atom. The first-order valence-corrected chi connectivity index (χ1v) is 8.60. The molecular weight excluding hydrogens is 316 g/mol. The van der Waals surface area contributed by atoms with Crippen LogP contribution in [0, 0.1) is 0 Å². The summed E-state index contributed by atoms with van der Waals surface area (Å²) in [5.74, 6) is 1.47. The Hall–Kier alpha value is -2.69. The summed E-state index contributed by atoms with van der Waals surface area (Å²) in [6.07, 6.45) is 0.419. The van der Waals surface area contributed by atoms with Gasteiger partial charge >= 0.3 is 0 Å². The molecule has 25 heavy (non-hydrogen) atoms. The molecule has 0 heterocycles. The molecular formula is C20H26N2O3. The van der Waals surface area contributed by atoms with Crippen LogP contribution in [0.1, 0.15) is 27.2 Å². The molecule has 2 rings (SSSR count). The van der Waals surface area contributed by atoms with E-state index in [9.17, 15) is 4.79 Å². The normalized spacial score (nSPS) is 10.4. The van der Waals surface area contributed by atoms with Crippen LogP contribution in [0.2, 0.25) is 0 Å². The van der Waals surface area contributed by atoms with Gasteiger partial charge in [-0.3, -0.25) is 4.79 Å². The predicted molar refractivity (Wildman–Crippen MR) is 102 cm³/mol. The Labute approximate surface area is 149 Å². The van der Waals surface area contributed by atoms with E-state index in [1.54, 1.807) is 0 Å². The number of anilines is 2. The summed E-state index contributed by atoms with van der Waals surface area (Å²) in [5.41, 5.74) is 1.65. The van der Waals surface area contributed by atoms with Gasteiger partial charge in [-0.25, -0.2) is 0 Å². The zero-order valence-corrected chi connectivity index (χ0v) is 15.0. The summed E-state index contributed by atoms with van der Waals surface area (Å²) in [7, 11) is 0. The molecule has 1 amide bonds. The number of carbonyl (C=O) groups is 1. The third-order valence-corrected chi connectivity index (χ3v) is 3.37. The molecule has 0 unspecified atom stereocenters. The summed E-state index contributed by atoms with van der Waals surface area (Å²) in [6.45, 7) is 7.07. The van der Waals surface area contributed by atoms with Crippen molar-refractivity contribution in [3.63, 3.8) is 0 Å². The second-order valence-electron chi connectivity index (χ2n) is 5.85. The van der Waals surface area contributed by atoms with Crippen LogP contribution < -0.4 is 20.1 Å². The Bertz CT molecular complexity index is 669. The lowest BCUT2D eigenvalue weighted by atomic mass is 10.2. The first-order chi connectivity index (χ1) is 12.1. The van der Waals surface area contributed by atoms with Crippen LogP contribution in [0.4, 0.5) is 11.4 Å². The molecule has 0 bridgehead atoms. The zero-order valence-electron chi connectivity index (χ0n) is 15.0. The van der Waals surface area contributed by atoms with Crippen molar-refractivity contribution in [2.75, 3.05) is 23.8 Å². The molecule has 0 aliphatic heterocycles. The van der Waals surface area contributed by atoms with Gasteiger partial charge in [-0.15, -0.1) is 0 Å². The largest absolute Gasteiger partial charge is 0.494 e. The van der Waals surface area contributed by atoms with Gasteiger partial charge in [-0.1, -0.05) is 12.1 Å². The molecule has 0 radical (unpaired) electrons. The summed E-state index contributed by atoms with van der Waals surface area (Å²) in [6, 6.07) is 15.2. The van der Waals surface area contributed by atoms with Gasteiger partial charge in [-0.2, -0.15) is 0 Å². The van der Waals surface area contributed by atoms with Crippen molar-refractivity contribution in [3.8, 4) is 11.5 Å². The van der Waals surface area contributed by atoms with Gasteiger partial charge in [-0.05, 0) is 57.2 Å². The van der Waals surface area contributed by atoms with Gasteiger partial charge in [0.05, 0.1) is 18.4 Å². The van der Waals surface area contributed by atoms with E-state index in [-0.39, 0.29) is 12.0 Å². The highest BCUT2D eigenvalue weighted by molar-refractivity contribution is 5.92. The lowest BCUT2D eigenvalue weighted by molar-refractivity contribution is -0.116. The average Bonchev–Trinajstić information content (AvgIpc) is 2.58. The van der Waals surface area contributed by atoms with E-state index in [0.29, 0.717) is 31.0 Å². The number of carbonyl (C=O) groups excluding carboxylic acids is 1. The topological polar surface area (TPSA) is 59.6 Å². The summed E-state index contributed by atoms with van der Waals surface area (Å²) >= 11 is 0. The number of hydrogen-bond donors (Lipinski definition) is 2. The smallest absolute Gasteiger partial charge is 0.226 e. The van der Waals surface area contributed by atoms with Gasteiger partial charge in [0.15, 0.2) is 0 Å². The van der Waals surface area contributed by atoms with E-state index in [4.69, 9.17) is 9.47 Å². The molecule has 0 aliphatic carbocycles. The Morgan fingerprint density at radius 1 is 1.08 bits per heavy atom. The summed E-state index contributed by atoms with van der Waals surface area (Å²) in [5, 5.41) is 6.13. The first kappa shape index (κ1) is 18.6. The lowest BCUT2D eigenvalue weighted by Crippen LogP contribution is -2.17. The number of rotatable bonds is 9. The average molecular weight is 342 g/mol. The highest BCUT2D eigenvalue weighted by Crippen LogP contribution is 2.25. The fraction of sp³-hybridized carbons (Fsp3) is 0.350. The van der Waals surface area contributed by atoms with E-state index in [1.807, 2.05) is 69.3 Å². The van der Waals surface area contributed by atoms with Gasteiger partial charge in [0.25, 0.3) is 0 Å². The Kier molecular flexibility index (Phi) is 7.14. The molecule has 0 aliphatic rings. The van der Waals surface area contributed by atoms with Crippen molar-refractivity contribution in [1.82, 2.24) is 0 Å². The highest BCUT2D eigenvalue weighted by Gasteiger charge is 2.08. The standard InChI is InChI=1S/C20H26N2O3/c1-4-24-17-11-9-16(10-12-17)21-14-13-20(23)22-18-7-5-6-8-19(18)25-15(2)3/h5-12,15,21H,4,13-14H2,1-3H3,(H,22,23). The minimum absolute atomic E-state index is 0.0550. The number of hydrogen-bond acceptors (Lipinski definition) is 4. The predicted octanol–water partition coefficient (Wildman–Crippen LogP) is 4.31. The number of benzene rings is 2. The minimum atomic E-state index is -0.0572. The number of ether oxygens (including phenoxy) is 2. The van der Waals surface area contributed by atoms with E-state index >= 15 is 0 Å². The van der Waals surface area contributed by atoms with Crippen LogP contribution in [-0.4, -0.2) is 25.2 Å². The van der Waals surface area contributed by atoms with Crippen molar-refractivity contribution in [2.24, 2.45) is 0 Å².